The zero-order valence-electron chi connectivity index (χ0n) is 14.0. The molecule has 1 saturated carbocycles. The third kappa shape index (κ3) is 2.75. The van der Waals surface area contributed by atoms with E-state index in [2.05, 4.69) is 14.9 Å². The lowest BCUT2D eigenvalue weighted by Gasteiger charge is -2.49. The molecule has 0 bridgehead atoms. The van der Waals surface area contributed by atoms with Crippen LogP contribution in [-0.4, -0.2) is 64.1 Å². The van der Waals surface area contributed by atoms with Crippen LogP contribution < -0.4 is 5.73 Å². The molecule has 7 nitrogen and oxygen atoms in total. The SMILES string of the molecule is Nc1ncc2c(n1)CN(CC1(N3CCOCC3)CCCCC1)C2=O. The van der Waals surface area contributed by atoms with Gasteiger partial charge < -0.3 is 15.4 Å². The Balaban J connectivity index is 1.56. The van der Waals surface area contributed by atoms with Crippen molar-refractivity contribution in [3.63, 3.8) is 0 Å². The van der Waals surface area contributed by atoms with Crippen molar-refractivity contribution in [2.24, 2.45) is 0 Å². The highest BCUT2D eigenvalue weighted by molar-refractivity contribution is 5.97. The number of hydrogen-bond acceptors (Lipinski definition) is 6. The van der Waals surface area contributed by atoms with Gasteiger partial charge in [-0.1, -0.05) is 19.3 Å². The molecule has 3 aliphatic rings. The van der Waals surface area contributed by atoms with E-state index < -0.39 is 0 Å². The van der Waals surface area contributed by atoms with Gasteiger partial charge in [0.25, 0.3) is 5.91 Å². The molecule has 0 spiro atoms. The van der Waals surface area contributed by atoms with E-state index in [-0.39, 0.29) is 17.4 Å². The van der Waals surface area contributed by atoms with Crippen molar-refractivity contribution in [2.75, 3.05) is 38.6 Å². The molecule has 2 N–H and O–H groups in total. The molecular weight excluding hydrogens is 306 g/mol. The van der Waals surface area contributed by atoms with Gasteiger partial charge in [0.05, 0.1) is 31.0 Å². The molecule has 1 saturated heterocycles. The minimum Gasteiger partial charge on any atom is -0.379 e. The van der Waals surface area contributed by atoms with Gasteiger partial charge in [-0.2, -0.15) is 0 Å². The average molecular weight is 331 g/mol. The molecule has 0 atom stereocenters. The number of hydrogen-bond donors (Lipinski definition) is 1. The van der Waals surface area contributed by atoms with E-state index in [9.17, 15) is 4.79 Å². The molecular formula is C17H25N5O2. The van der Waals surface area contributed by atoms with Crippen molar-refractivity contribution in [3.05, 3.63) is 17.5 Å². The molecule has 4 rings (SSSR count). The number of anilines is 1. The first-order valence-corrected chi connectivity index (χ1v) is 8.91. The second-order valence-electron chi connectivity index (χ2n) is 7.13. The van der Waals surface area contributed by atoms with Gasteiger partial charge in [0.1, 0.15) is 0 Å². The summed E-state index contributed by atoms with van der Waals surface area (Å²) in [5, 5.41) is 0. The van der Waals surface area contributed by atoms with E-state index in [1.807, 2.05) is 4.90 Å². The predicted molar refractivity (Wildman–Crippen MR) is 89.4 cm³/mol. The number of carbonyl (C=O) groups is 1. The fourth-order valence-electron chi connectivity index (χ4n) is 4.46. The van der Waals surface area contributed by atoms with E-state index in [1.165, 1.54) is 19.3 Å². The van der Waals surface area contributed by atoms with E-state index in [0.717, 1.165) is 51.4 Å². The van der Waals surface area contributed by atoms with Crippen LogP contribution in [-0.2, 0) is 11.3 Å². The van der Waals surface area contributed by atoms with Gasteiger partial charge in [0.2, 0.25) is 5.95 Å². The maximum Gasteiger partial charge on any atom is 0.257 e. The van der Waals surface area contributed by atoms with E-state index in [0.29, 0.717) is 12.1 Å². The second kappa shape index (κ2) is 6.29. The Morgan fingerprint density at radius 3 is 2.71 bits per heavy atom. The maximum absolute atomic E-state index is 12.8. The van der Waals surface area contributed by atoms with Crippen LogP contribution in [0.3, 0.4) is 0 Å². The lowest BCUT2D eigenvalue weighted by molar-refractivity contribution is -0.0480. The summed E-state index contributed by atoms with van der Waals surface area (Å²) in [4.78, 5) is 25.5. The van der Waals surface area contributed by atoms with Crippen LogP contribution in [0, 0.1) is 0 Å². The molecule has 130 valence electrons. The lowest BCUT2D eigenvalue weighted by Crippen LogP contribution is -2.59. The van der Waals surface area contributed by atoms with Crippen LogP contribution in [0.2, 0.25) is 0 Å². The number of carbonyl (C=O) groups excluding carboxylic acids is 1. The lowest BCUT2D eigenvalue weighted by atomic mass is 9.79. The number of morpholine rings is 1. The van der Waals surface area contributed by atoms with E-state index in [4.69, 9.17) is 10.5 Å². The van der Waals surface area contributed by atoms with Gasteiger partial charge in [-0.05, 0) is 12.8 Å². The van der Waals surface area contributed by atoms with Crippen LogP contribution in [0.25, 0.3) is 0 Å². The Hall–Kier alpha value is -1.73. The first-order valence-electron chi connectivity index (χ1n) is 8.91. The summed E-state index contributed by atoms with van der Waals surface area (Å²) in [6, 6.07) is 0. The molecule has 2 aliphatic heterocycles. The Morgan fingerprint density at radius 2 is 1.96 bits per heavy atom. The van der Waals surface area contributed by atoms with Crippen LogP contribution in [0.5, 0.6) is 0 Å². The topological polar surface area (TPSA) is 84.6 Å². The van der Waals surface area contributed by atoms with Gasteiger partial charge in [-0.25, -0.2) is 9.97 Å². The number of nitrogens with two attached hydrogens (primary N) is 1. The van der Waals surface area contributed by atoms with Crippen molar-refractivity contribution in [1.82, 2.24) is 19.8 Å². The summed E-state index contributed by atoms with van der Waals surface area (Å²) < 4.78 is 5.54. The highest BCUT2D eigenvalue weighted by atomic mass is 16.5. The molecule has 7 heteroatoms. The van der Waals surface area contributed by atoms with Crippen LogP contribution in [0.1, 0.15) is 48.2 Å². The number of rotatable bonds is 3. The normalized spacial score (nSPS) is 24.2. The number of amides is 1. The standard InChI is InChI=1S/C17H25N5O2/c18-16-19-10-13-14(20-16)11-21(15(13)23)12-17(4-2-1-3-5-17)22-6-8-24-9-7-22/h10H,1-9,11-12H2,(H2,18,19,20). The molecule has 3 heterocycles. The smallest absolute Gasteiger partial charge is 0.257 e. The summed E-state index contributed by atoms with van der Waals surface area (Å²) in [5.41, 5.74) is 7.13. The third-order valence-electron chi connectivity index (χ3n) is 5.70. The number of fused-ring (bicyclic) bond motifs is 1. The molecule has 0 radical (unpaired) electrons. The minimum absolute atomic E-state index is 0.0446. The number of ether oxygens (including phenoxy) is 1. The summed E-state index contributed by atoms with van der Waals surface area (Å²) in [7, 11) is 0. The molecule has 1 aromatic heterocycles. The predicted octanol–water partition coefficient (Wildman–Crippen LogP) is 1.05. The number of nitrogens with zero attached hydrogens (tertiary/aromatic N) is 4. The molecule has 1 aromatic rings. The quantitative estimate of drug-likeness (QED) is 0.891. The molecule has 2 fully saturated rings. The molecule has 0 aromatic carbocycles. The maximum atomic E-state index is 12.8. The first-order chi connectivity index (χ1) is 11.7. The molecule has 0 unspecified atom stereocenters. The van der Waals surface area contributed by atoms with Crippen molar-refractivity contribution in [2.45, 2.75) is 44.2 Å². The van der Waals surface area contributed by atoms with E-state index in [1.54, 1.807) is 6.20 Å². The fourth-order valence-corrected chi connectivity index (χ4v) is 4.46. The summed E-state index contributed by atoms with van der Waals surface area (Å²) >= 11 is 0. The Kier molecular flexibility index (Phi) is 4.14. The minimum atomic E-state index is 0.0446. The van der Waals surface area contributed by atoms with Gasteiger partial charge in [0.15, 0.2) is 0 Å². The Morgan fingerprint density at radius 1 is 1.21 bits per heavy atom. The van der Waals surface area contributed by atoms with Crippen LogP contribution in [0.15, 0.2) is 6.20 Å². The highest BCUT2D eigenvalue weighted by Crippen LogP contribution is 2.36. The van der Waals surface area contributed by atoms with Crippen molar-refractivity contribution in [1.29, 1.82) is 0 Å². The van der Waals surface area contributed by atoms with E-state index >= 15 is 0 Å². The molecule has 1 amide bonds. The summed E-state index contributed by atoms with van der Waals surface area (Å²) in [5.74, 6) is 0.284. The van der Waals surface area contributed by atoms with Gasteiger partial charge in [-0.3, -0.25) is 9.69 Å². The van der Waals surface area contributed by atoms with Gasteiger partial charge in [0, 0.05) is 31.4 Å². The zero-order chi connectivity index (χ0) is 16.6. The highest BCUT2D eigenvalue weighted by Gasteiger charge is 2.43. The average Bonchev–Trinajstić information content (AvgIpc) is 2.91. The summed E-state index contributed by atoms with van der Waals surface area (Å²) in [6.45, 7) is 4.81. The van der Waals surface area contributed by atoms with Crippen molar-refractivity contribution < 1.29 is 9.53 Å². The van der Waals surface area contributed by atoms with Crippen LogP contribution >= 0.6 is 0 Å². The Labute approximate surface area is 142 Å². The van der Waals surface area contributed by atoms with Crippen molar-refractivity contribution >= 4 is 11.9 Å². The number of nitrogen functional groups attached to an aromatic ring is 1. The number of aromatic nitrogens is 2. The Bertz CT molecular complexity index is 623. The van der Waals surface area contributed by atoms with Crippen LogP contribution in [0.4, 0.5) is 5.95 Å². The first kappa shape index (κ1) is 15.8. The zero-order valence-corrected chi connectivity index (χ0v) is 14.0. The monoisotopic (exact) mass is 331 g/mol. The van der Waals surface area contributed by atoms with Gasteiger partial charge >= 0.3 is 0 Å². The fraction of sp³-hybridized carbons (Fsp3) is 0.706. The van der Waals surface area contributed by atoms with Crippen molar-refractivity contribution in [3.8, 4) is 0 Å². The molecule has 1 aliphatic carbocycles. The second-order valence-corrected chi connectivity index (χ2v) is 7.13. The molecule has 24 heavy (non-hydrogen) atoms. The largest absolute Gasteiger partial charge is 0.379 e. The third-order valence-corrected chi connectivity index (χ3v) is 5.70. The summed E-state index contributed by atoms with van der Waals surface area (Å²) in [6.07, 6.45) is 7.64. The van der Waals surface area contributed by atoms with Gasteiger partial charge in [-0.15, -0.1) is 0 Å².